The predicted molar refractivity (Wildman–Crippen MR) is 45.5 cm³/mol. The Hall–Kier alpha value is -1.63. The molecule has 0 aromatic carbocycles. The number of carbonyl (C=O) groups excluding carboxylic acids is 1. The molecule has 2 atom stereocenters. The lowest BCUT2D eigenvalue weighted by Crippen LogP contribution is -2.48. The predicted octanol–water partition coefficient (Wildman–Crippen LogP) is -1.62. The maximum atomic E-state index is 10.9. The van der Waals surface area contributed by atoms with Crippen LogP contribution in [0.4, 0.5) is 0 Å². The van der Waals surface area contributed by atoms with Crippen molar-refractivity contribution < 1.29 is 24.6 Å². The van der Waals surface area contributed by atoms with E-state index in [1.165, 1.54) is 6.92 Å². The molecule has 0 radical (unpaired) electrons. The van der Waals surface area contributed by atoms with Crippen molar-refractivity contribution in [3.8, 4) is 0 Å². The van der Waals surface area contributed by atoms with Gasteiger partial charge in [0.25, 0.3) is 0 Å². The second kappa shape index (κ2) is 5.18. The van der Waals surface area contributed by atoms with E-state index in [4.69, 9.17) is 15.9 Å². The third kappa shape index (κ3) is 4.41. The normalized spacial score (nSPS) is 14.1. The van der Waals surface area contributed by atoms with Gasteiger partial charge in [0.15, 0.2) is 0 Å². The largest absolute Gasteiger partial charge is 0.481 e. The molecular weight excluding hydrogens is 192 g/mol. The minimum absolute atomic E-state index is 0.673. The van der Waals surface area contributed by atoms with Gasteiger partial charge in [0.05, 0.1) is 12.5 Å². The Labute approximate surface area is 79.9 Å². The van der Waals surface area contributed by atoms with Gasteiger partial charge < -0.3 is 21.3 Å². The van der Waals surface area contributed by atoms with Crippen LogP contribution in [0.15, 0.2) is 0 Å². The molecule has 0 saturated heterocycles. The first-order valence-electron chi connectivity index (χ1n) is 3.85. The maximum absolute atomic E-state index is 10.9. The number of carboxylic acids is 2. The molecule has 7 nitrogen and oxygen atoms in total. The van der Waals surface area contributed by atoms with Gasteiger partial charge in [0.1, 0.15) is 6.04 Å². The molecule has 7 heteroatoms. The van der Waals surface area contributed by atoms with Crippen molar-refractivity contribution in [2.75, 3.05) is 0 Å². The lowest BCUT2D eigenvalue weighted by Gasteiger charge is -2.13. The fraction of sp³-hybridized carbons (Fsp3) is 0.571. The van der Waals surface area contributed by atoms with Crippen molar-refractivity contribution in [1.29, 1.82) is 0 Å². The van der Waals surface area contributed by atoms with E-state index in [0.29, 0.717) is 0 Å². The first kappa shape index (κ1) is 12.4. The summed E-state index contributed by atoms with van der Waals surface area (Å²) in [5.41, 5.74) is 5.16. The number of aliphatic carboxylic acids is 2. The van der Waals surface area contributed by atoms with Gasteiger partial charge in [-0.25, -0.2) is 4.79 Å². The van der Waals surface area contributed by atoms with Gasteiger partial charge in [-0.2, -0.15) is 0 Å². The third-order valence-electron chi connectivity index (χ3n) is 1.41. The Kier molecular flexibility index (Phi) is 4.57. The molecule has 0 saturated carbocycles. The molecule has 0 heterocycles. The molecule has 80 valence electrons. The van der Waals surface area contributed by atoms with Gasteiger partial charge in [-0.05, 0) is 6.92 Å². The van der Waals surface area contributed by atoms with Gasteiger partial charge in [-0.1, -0.05) is 0 Å². The first-order valence-corrected chi connectivity index (χ1v) is 3.85. The van der Waals surface area contributed by atoms with Crippen LogP contribution in [0.5, 0.6) is 0 Å². The minimum Gasteiger partial charge on any atom is -0.481 e. The summed E-state index contributed by atoms with van der Waals surface area (Å²) in [7, 11) is 0. The number of carbonyl (C=O) groups is 3. The molecule has 14 heavy (non-hydrogen) atoms. The summed E-state index contributed by atoms with van der Waals surface area (Å²) in [6.07, 6.45) is -0.673. The summed E-state index contributed by atoms with van der Waals surface area (Å²) in [6.45, 7) is 1.37. The highest BCUT2D eigenvalue weighted by Crippen LogP contribution is 1.93. The van der Waals surface area contributed by atoms with Crippen LogP contribution in [-0.2, 0) is 14.4 Å². The zero-order valence-corrected chi connectivity index (χ0v) is 7.56. The summed E-state index contributed by atoms with van der Waals surface area (Å²) in [5, 5.41) is 18.9. The molecule has 0 aliphatic rings. The molecule has 0 fully saturated rings. The van der Waals surface area contributed by atoms with E-state index in [2.05, 4.69) is 0 Å². The summed E-state index contributed by atoms with van der Waals surface area (Å²) in [6, 6.07) is -2.31. The van der Waals surface area contributed by atoms with Gasteiger partial charge in [0.2, 0.25) is 5.91 Å². The highest BCUT2D eigenvalue weighted by molar-refractivity contribution is 5.88. The zero-order valence-electron chi connectivity index (χ0n) is 7.56. The fourth-order valence-corrected chi connectivity index (χ4v) is 0.678. The van der Waals surface area contributed by atoms with Crippen LogP contribution < -0.4 is 11.1 Å². The second-order valence-electron chi connectivity index (χ2n) is 2.79. The SMILES string of the molecule is C[C@@H](N)C(=O)N[C@H](CC(=O)O)C(=O)O. The number of hydrogen-bond acceptors (Lipinski definition) is 4. The molecule has 0 rings (SSSR count). The van der Waals surface area contributed by atoms with Crippen molar-refractivity contribution in [1.82, 2.24) is 5.32 Å². The summed E-state index contributed by atoms with van der Waals surface area (Å²) in [4.78, 5) is 31.6. The maximum Gasteiger partial charge on any atom is 0.326 e. The third-order valence-corrected chi connectivity index (χ3v) is 1.41. The van der Waals surface area contributed by atoms with Crippen LogP contribution >= 0.6 is 0 Å². The molecule has 0 aromatic rings. The van der Waals surface area contributed by atoms with Crippen LogP contribution in [0.1, 0.15) is 13.3 Å². The average molecular weight is 204 g/mol. The van der Waals surface area contributed by atoms with Crippen molar-refractivity contribution in [2.24, 2.45) is 5.73 Å². The number of amides is 1. The van der Waals surface area contributed by atoms with Crippen LogP contribution in [-0.4, -0.2) is 40.1 Å². The molecule has 0 bridgehead atoms. The van der Waals surface area contributed by atoms with Crippen molar-refractivity contribution in [3.63, 3.8) is 0 Å². The monoisotopic (exact) mass is 204 g/mol. The second-order valence-corrected chi connectivity index (χ2v) is 2.79. The Morgan fingerprint density at radius 3 is 2.14 bits per heavy atom. The summed E-state index contributed by atoms with van der Waals surface area (Å²) >= 11 is 0. The van der Waals surface area contributed by atoms with Gasteiger partial charge >= 0.3 is 11.9 Å². The molecule has 5 N–H and O–H groups in total. The van der Waals surface area contributed by atoms with Crippen molar-refractivity contribution in [3.05, 3.63) is 0 Å². The van der Waals surface area contributed by atoms with E-state index in [9.17, 15) is 14.4 Å². The Morgan fingerprint density at radius 2 is 1.86 bits per heavy atom. The molecular formula is C7H12N2O5. The highest BCUT2D eigenvalue weighted by atomic mass is 16.4. The van der Waals surface area contributed by atoms with E-state index in [1.807, 2.05) is 5.32 Å². The van der Waals surface area contributed by atoms with E-state index in [0.717, 1.165) is 0 Å². The quantitative estimate of drug-likeness (QED) is 0.425. The van der Waals surface area contributed by atoms with E-state index in [1.54, 1.807) is 0 Å². The van der Waals surface area contributed by atoms with Gasteiger partial charge in [0, 0.05) is 0 Å². The Bertz CT molecular complexity index is 250. The molecule has 1 amide bonds. The lowest BCUT2D eigenvalue weighted by atomic mass is 10.2. The number of rotatable bonds is 5. The van der Waals surface area contributed by atoms with Gasteiger partial charge in [-0.3, -0.25) is 9.59 Å². The fourth-order valence-electron chi connectivity index (χ4n) is 0.678. The number of hydrogen-bond donors (Lipinski definition) is 4. The summed E-state index contributed by atoms with van der Waals surface area (Å²) in [5.74, 6) is -3.40. The van der Waals surface area contributed by atoms with Crippen LogP contribution in [0.25, 0.3) is 0 Å². The topological polar surface area (TPSA) is 130 Å². The highest BCUT2D eigenvalue weighted by Gasteiger charge is 2.23. The molecule has 0 aliphatic heterocycles. The molecule has 0 aliphatic carbocycles. The number of nitrogens with one attached hydrogen (secondary N) is 1. The van der Waals surface area contributed by atoms with E-state index in [-0.39, 0.29) is 0 Å². The molecule has 0 aromatic heterocycles. The minimum atomic E-state index is -1.44. The molecule has 0 spiro atoms. The lowest BCUT2D eigenvalue weighted by molar-refractivity contribution is -0.147. The van der Waals surface area contributed by atoms with Crippen molar-refractivity contribution >= 4 is 17.8 Å². The van der Waals surface area contributed by atoms with Crippen LogP contribution in [0.2, 0.25) is 0 Å². The molecule has 0 unspecified atom stereocenters. The van der Waals surface area contributed by atoms with Crippen LogP contribution in [0.3, 0.4) is 0 Å². The smallest absolute Gasteiger partial charge is 0.326 e. The van der Waals surface area contributed by atoms with E-state index < -0.39 is 36.4 Å². The van der Waals surface area contributed by atoms with Crippen molar-refractivity contribution in [2.45, 2.75) is 25.4 Å². The summed E-state index contributed by atoms with van der Waals surface area (Å²) < 4.78 is 0. The average Bonchev–Trinajstić information content (AvgIpc) is 2.01. The zero-order chi connectivity index (χ0) is 11.3. The number of nitrogens with two attached hydrogens (primary N) is 1. The van der Waals surface area contributed by atoms with E-state index >= 15 is 0 Å². The first-order chi connectivity index (χ1) is 6.34. The standard InChI is InChI=1S/C7H12N2O5/c1-3(8)6(12)9-4(7(13)14)2-5(10)11/h3-4H,2,8H2,1H3,(H,9,12)(H,10,11)(H,13,14)/t3-,4-/m1/s1. The Morgan fingerprint density at radius 1 is 1.36 bits per heavy atom. The van der Waals surface area contributed by atoms with Gasteiger partial charge in [-0.15, -0.1) is 0 Å². The Balaban J connectivity index is 4.31. The van der Waals surface area contributed by atoms with Crippen LogP contribution in [0, 0.1) is 0 Å². The number of carboxylic acid groups (broad SMARTS) is 2.